The summed E-state index contributed by atoms with van der Waals surface area (Å²) in [6, 6.07) is 9.76. The molecular formula is C17H23N3O2. The van der Waals surface area contributed by atoms with Gasteiger partial charge in [0.2, 0.25) is 5.91 Å². The van der Waals surface area contributed by atoms with Crippen molar-refractivity contribution in [3.63, 3.8) is 0 Å². The van der Waals surface area contributed by atoms with Crippen LogP contribution in [-0.4, -0.2) is 22.8 Å². The van der Waals surface area contributed by atoms with E-state index in [0.29, 0.717) is 12.8 Å². The van der Waals surface area contributed by atoms with Gasteiger partial charge in [0, 0.05) is 19.7 Å². The molecule has 0 bridgehead atoms. The molecule has 1 atom stereocenters. The summed E-state index contributed by atoms with van der Waals surface area (Å²) in [6.07, 6.45) is 3.75. The Balaban J connectivity index is 1.90. The molecule has 5 nitrogen and oxygen atoms in total. The van der Waals surface area contributed by atoms with Gasteiger partial charge in [-0.2, -0.15) is 5.10 Å². The molecular weight excluding hydrogens is 278 g/mol. The Morgan fingerprint density at radius 1 is 1.41 bits per heavy atom. The first-order chi connectivity index (χ1) is 10.6. The Morgan fingerprint density at radius 2 is 2.23 bits per heavy atom. The fourth-order valence-corrected chi connectivity index (χ4v) is 2.46. The van der Waals surface area contributed by atoms with Crippen LogP contribution < -0.4 is 10.1 Å². The molecule has 1 N–H and O–H groups in total. The van der Waals surface area contributed by atoms with Crippen LogP contribution in [0.5, 0.6) is 5.75 Å². The van der Waals surface area contributed by atoms with Crippen molar-refractivity contribution >= 4 is 5.91 Å². The number of hydrogen-bond donors (Lipinski definition) is 1. The largest absolute Gasteiger partial charge is 0.497 e. The van der Waals surface area contributed by atoms with Gasteiger partial charge >= 0.3 is 0 Å². The summed E-state index contributed by atoms with van der Waals surface area (Å²) in [7, 11) is 3.53. The summed E-state index contributed by atoms with van der Waals surface area (Å²) in [5.41, 5.74) is 2.13. The Labute approximate surface area is 131 Å². The SMILES string of the molecule is CC[C@H](NC(=O)CCc1cccc(OC)c1)c1ccnn1C. The second-order valence-electron chi connectivity index (χ2n) is 5.26. The molecule has 0 aliphatic heterocycles. The third-order valence-electron chi connectivity index (χ3n) is 3.73. The predicted molar refractivity (Wildman–Crippen MR) is 85.7 cm³/mol. The number of nitrogens with one attached hydrogen (secondary N) is 1. The molecule has 5 heteroatoms. The van der Waals surface area contributed by atoms with Crippen molar-refractivity contribution in [3.05, 3.63) is 47.8 Å². The number of ether oxygens (including phenoxy) is 1. The normalized spacial score (nSPS) is 12.0. The van der Waals surface area contributed by atoms with Gasteiger partial charge in [0.25, 0.3) is 0 Å². The van der Waals surface area contributed by atoms with E-state index in [1.807, 2.05) is 37.4 Å². The van der Waals surface area contributed by atoms with E-state index in [0.717, 1.165) is 23.4 Å². The summed E-state index contributed by atoms with van der Waals surface area (Å²) >= 11 is 0. The number of nitrogens with zero attached hydrogens (tertiary/aromatic N) is 2. The monoisotopic (exact) mass is 301 g/mol. The minimum absolute atomic E-state index is 0.00492. The highest BCUT2D eigenvalue weighted by Crippen LogP contribution is 2.17. The molecule has 0 fully saturated rings. The van der Waals surface area contributed by atoms with Gasteiger partial charge in [0.1, 0.15) is 5.75 Å². The van der Waals surface area contributed by atoms with Crippen LogP contribution in [0.25, 0.3) is 0 Å². The van der Waals surface area contributed by atoms with E-state index >= 15 is 0 Å². The zero-order valence-electron chi connectivity index (χ0n) is 13.4. The van der Waals surface area contributed by atoms with Crippen molar-refractivity contribution in [1.82, 2.24) is 15.1 Å². The standard InChI is InChI=1S/C17H23N3O2/c1-4-15(16-10-11-18-20(16)2)19-17(21)9-8-13-6-5-7-14(12-13)22-3/h5-7,10-12,15H,4,8-9H2,1-3H3,(H,19,21)/t15-/m0/s1. The molecule has 0 spiro atoms. The summed E-state index contributed by atoms with van der Waals surface area (Å²) in [5.74, 6) is 0.870. The summed E-state index contributed by atoms with van der Waals surface area (Å²) in [6.45, 7) is 2.06. The van der Waals surface area contributed by atoms with E-state index in [-0.39, 0.29) is 11.9 Å². The van der Waals surface area contributed by atoms with Crippen LogP contribution in [-0.2, 0) is 18.3 Å². The molecule has 0 saturated carbocycles. The van der Waals surface area contributed by atoms with Crippen LogP contribution in [0.2, 0.25) is 0 Å². The second kappa shape index (κ2) is 7.64. The van der Waals surface area contributed by atoms with Gasteiger partial charge in [-0.05, 0) is 36.6 Å². The van der Waals surface area contributed by atoms with E-state index in [4.69, 9.17) is 4.74 Å². The molecule has 0 radical (unpaired) electrons. The molecule has 0 unspecified atom stereocenters. The molecule has 1 heterocycles. The number of hydrogen-bond acceptors (Lipinski definition) is 3. The first kappa shape index (κ1) is 16.1. The first-order valence-electron chi connectivity index (χ1n) is 7.54. The first-order valence-corrected chi connectivity index (χ1v) is 7.54. The van der Waals surface area contributed by atoms with Crippen molar-refractivity contribution in [3.8, 4) is 5.75 Å². The molecule has 0 saturated heterocycles. The Morgan fingerprint density at radius 3 is 2.86 bits per heavy atom. The lowest BCUT2D eigenvalue weighted by molar-refractivity contribution is -0.121. The molecule has 2 aromatic rings. The lowest BCUT2D eigenvalue weighted by Gasteiger charge is -2.17. The third kappa shape index (κ3) is 4.10. The highest BCUT2D eigenvalue weighted by Gasteiger charge is 2.15. The van der Waals surface area contributed by atoms with Gasteiger partial charge in [0.05, 0.1) is 18.8 Å². The maximum absolute atomic E-state index is 12.2. The fourth-order valence-electron chi connectivity index (χ4n) is 2.46. The van der Waals surface area contributed by atoms with Crippen LogP contribution in [0.1, 0.15) is 37.1 Å². The number of methoxy groups -OCH3 is 1. The lowest BCUT2D eigenvalue weighted by atomic mass is 10.1. The van der Waals surface area contributed by atoms with Crippen molar-refractivity contribution < 1.29 is 9.53 Å². The topological polar surface area (TPSA) is 56.1 Å². The number of carbonyl (C=O) groups excluding carboxylic acids is 1. The zero-order chi connectivity index (χ0) is 15.9. The number of amides is 1. The summed E-state index contributed by atoms with van der Waals surface area (Å²) in [4.78, 5) is 12.2. The zero-order valence-corrected chi connectivity index (χ0v) is 13.4. The number of aryl methyl sites for hydroxylation is 2. The lowest BCUT2D eigenvalue weighted by Crippen LogP contribution is -2.29. The number of aromatic nitrogens is 2. The van der Waals surface area contributed by atoms with Crippen molar-refractivity contribution in [1.29, 1.82) is 0 Å². The average molecular weight is 301 g/mol. The van der Waals surface area contributed by atoms with Crippen LogP contribution in [0.15, 0.2) is 36.5 Å². The molecule has 22 heavy (non-hydrogen) atoms. The highest BCUT2D eigenvalue weighted by molar-refractivity contribution is 5.76. The highest BCUT2D eigenvalue weighted by atomic mass is 16.5. The van der Waals surface area contributed by atoms with Gasteiger partial charge < -0.3 is 10.1 Å². The smallest absolute Gasteiger partial charge is 0.220 e. The minimum atomic E-state index is 0.00492. The maximum Gasteiger partial charge on any atom is 0.220 e. The molecule has 1 amide bonds. The summed E-state index contributed by atoms with van der Waals surface area (Å²) < 4.78 is 7.00. The summed E-state index contributed by atoms with van der Waals surface area (Å²) in [5, 5.41) is 7.23. The minimum Gasteiger partial charge on any atom is -0.497 e. The fraction of sp³-hybridized carbons (Fsp3) is 0.412. The number of benzene rings is 1. The average Bonchev–Trinajstić information content (AvgIpc) is 2.96. The van der Waals surface area contributed by atoms with Crippen LogP contribution in [0.4, 0.5) is 0 Å². The van der Waals surface area contributed by atoms with Gasteiger partial charge in [-0.15, -0.1) is 0 Å². The van der Waals surface area contributed by atoms with Crippen LogP contribution in [0, 0.1) is 0 Å². The number of rotatable bonds is 7. The van der Waals surface area contributed by atoms with E-state index < -0.39 is 0 Å². The Kier molecular flexibility index (Phi) is 5.58. The number of carbonyl (C=O) groups is 1. The maximum atomic E-state index is 12.2. The molecule has 2 rings (SSSR count). The second-order valence-corrected chi connectivity index (χ2v) is 5.26. The van der Waals surface area contributed by atoms with Crippen LogP contribution >= 0.6 is 0 Å². The van der Waals surface area contributed by atoms with Crippen molar-refractivity contribution in [2.45, 2.75) is 32.2 Å². The van der Waals surface area contributed by atoms with E-state index in [1.54, 1.807) is 18.0 Å². The Bertz CT molecular complexity index is 622. The van der Waals surface area contributed by atoms with E-state index in [2.05, 4.69) is 17.3 Å². The van der Waals surface area contributed by atoms with Gasteiger partial charge in [-0.3, -0.25) is 9.48 Å². The quantitative estimate of drug-likeness (QED) is 0.855. The molecule has 1 aromatic carbocycles. The van der Waals surface area contributed by atoms with E-state index in [9.17, 15) is 4.79 Å². The van der Waals surface area contributed by atoms with Crippen LogP contribution in [0.3, 0.4) is 0 Å². The van der Waals surface area contributed by atoms with Gasteiger partial charge in [-0.1, -0.05) is 19.1 Å². The van der Waals surface area contributed by atoms with Gasteiger partial charge in [0.15, 0.2) is 0 Å². The Hall–Kier alpha value is -2.30. The third-order valence-corrected chi connectivity index (χ3v) is 3.73. The molecule has 0 aliphatic carbocycles. The van der Waals surface area contributed by atoms with Crippen molar-refractivity contribution in [2.24, 2.45) is 7.05 Å². The van der Waals surface area contributed by atoms with E-state index in [1.165, 1.54) is 0 Å². The predicted octanol–water partition coefficient (Wildman–Crippen LogP) is 2.63. The molecule has 0 aliphatic rings. The van der Waals surface area contributed by atoms with Gasteiger partial charge in [-0.25, -0.2) is 0 Å². The molecule has 1 aromatic heterocycles. The molecule has 118 valence electrons. The van der Waals surface area contributed by atoms with Crippen molar-refractivity contribution in [2.75, 3.05) is 7.11 Å².